The van der Waals surface area contributed by atoms with E-state index in [9.17, 15) is 9.59 Å². The second-order valence-electron chi connectivity index (χ2n) is 8.87. The molecule has 0 saturated carbocycles. The molecule has 1 saturated heterocycles. The van der Waals surface area contributed by atoms with Crippen LogP contribution in [0.3, 0.4) is 0 Å². The van der Waals surface area contributed by atoms with Crippen molar-refractivity contribution in [1.82, 2.24) is 9.88 Å². The maximum atomic E-state index is 13.8. The molecule has 2 atom stereocenters. The molecule has 2 aliphatic rings. The van der Waals surface area contributed by atoms with Gasteiger partial charge in [0.1, 0.15) is 6.04 Å². The minimum atomic E-state index is -0.449. The monoisotopic (exact) mass is 515 g/mol. The van der Waals surface area contributed by atoms with Gasteiger partial charge < -0.3 is 14.6 Å². The Labute approximate surface area is 218 Å². The zero-order valence-corrected chi connectivity index (χ0v) is 21.0. The molecule has 180 valence electrons. The van der Waals surface area contributed by atoms with E-state index in [0.29, 0.717) is 34.4 Å². The van der Waals surface area contributed by atoms with Gasteiger partial charge in [-0.05, 0) is 72.7 Å². The molecule has 0 aliphatic carbocycles. The van der Waals surface area contributed by atoms with E-state index < -0.39 is 12.0 Å². The van der Waals surface area contributed by atoms with E-state index in [1.807, 2.05) is 41.3 Å². The molecule has 0 bridgehead atoms. The fourth-order valence-electron chi connectivity index (χ4n) is 5.26. The van der Waals surface area contributed by atoms with E-state index in [1.54, 1.807) is 36.1 Å². The number of halogens is 1. The molecule has 36 heavy (non-hydrogen) atoms. The topological polar surface area (TPSA) is 65.6 Å². The van der Waals surface area contributed by atoms with Crippen molar-refractivity contribution in [3.63, 3.8) is 0 Å². The van der Waals surface area contributed by atoms with E-state index in [-0.39, 0.29) is 11.9 Å². The number of H-pyrrole nitrogens is 1. The van der Waals surface area contributed by atoms with Gasteiger partial charge in [-0.1, -0.05) is 41.9 Å². The van der Waals surface area contributed by atoms with Crippen LogP contribution in [0.2, 0.25) is 5.02 Å². The molecule has 6 rings (SSSR count). The third-order valence-electron chi connectivity index (χ3n) is 6.87. The number of benzene rings is 3. The van der Waals surface area contributed by atoms with Gasteiger partial charge in [-0.25, -0.2) is 4.79 Å². The number of anilines is 1. The molecular formula is C28H22ClN3O3S. The zero-order chi connectivity index (χ0) is 25.0. The lowest BCUT2D eigenvalue weighted by Crippen LogP contribution is -2.44. The standard InChI is InChI=1S/C28H22ClN3O3S/c1-2-35-27(34)17-9-13-19(14-10-17)31-26(33)23-15-21-20-5-3-4-6-22(20)30-24(21)25(32(23)28(31)36)16-7-11-18(29)12-8-16/h3-14,23,25,30H,2,15H2,1H3/t23-,25+/m1/s1. The predicted octanol–water partition coefficient (Wildman–Crippen LogP) is 5.65. The first-order valence-electron chi connectivity index (χ1n) is 11.8. The normalized spacial score (nSPS) is 18.9. The minimum absolute atomic E-state index is 0.0845. The Balaban J connectivity index is 1.44. The Morgan fingerprint density at radius 3 is 2.53 bits per heavy atom. The quantitative estimate of drug-likeness (QED) is 0.281. The molecule has 3 aromatic carbocycles. The van der Waals surface area contributed by atoms with Gasteiger partial charge in [0.15, 0.2) is 5.11 Å². The molecule has 0 unspecified atom stereocenters. The van der Waals surface area contributed by atoms with Crippen molar-refractivity contribution in [3.8, 4) is 0 Å². The van der Waals surface area contributed by atoms with Crippen LogP contribution in [0, 0.1) is 0 Å². The summed E-state index contributed by atoms with van der Waals surface area (Å²) in [5.41, 5.74) is 5.23. The number of thiocarbonyl (C=S) groups is 1. The number of nitrogens with one attached hydrogen (secondary N) is 1. The van der Waals surface area contributed by atoms with Crippen LogP contribution in [0.4, 0.5) is 5.69 Å². The molecule has 1 fully saturated rings. The minimum Gasteiger partial charge on any atom is -0.462 e. The van der Waals surface area contributed by atoms with Gasteiger partial charge >= 0.3 is 5.97 Å². The molecule has 3 heterocycles. The molecule has 0 spiro atoms. The number of hydrogen-bond acceptors (Lipinski definition) is 4. The van der Waals surface area contributed by atoms with E-state index in [2.05, 4.69) is 17.1 Å². The van der Waals surface area contributed by atoms with Gasteiger partial charge in [0.05, 0.1) is 23.9 Å². The van der Waals surface area contributed by atoms with Gasteiger partial charge in [0.2, 0.25) is 0 Å². The number of ether oxygens (including phenoxy) is 1. The summed E-state index contributed by atoms with van der Waals surface area (Å²) in [5, 5.41) is 2.19. The van der Waals surface area contributed by atoms with Crippen molar-refractivity contribution in [2.45, 2.75) is 25.4 Å². The molecule has 0 radical (unpaired) electrons. The highest BCUT2D eigenvalue weighted by atomic mass is 35.5. The molecule has 8 heteroatoms. The maximum Gasteiger partial charge on any atom is 0.338 e. The number of para-hydroxylation sites is 1. The lowest BCUT2D eigenvalue weighted by Gasteiger charge is -2.37. The van der Waals surface area contributed by atoms with Crippen molar-refractivity contribution >= 4 is 57.4 Å². The van der Waals surface area contributed by atoms with E-state index in [4.69, 9.17) is 28.6 Å². The van der Waals surface area contributed by atoms with Crippen molar-refractivity contribution in [2.75, 3.05) is 11.5 Å². The maximum absolute atomic E-state index is 13.8. The summed E-state index contributed by atoms with van der Waals surface area (Å²) in [6, 6.07) is 21.9. The van der Waals surface area contributed by atoms with Gasteiger partial charge in [-0.15, -0.1) is 0 Å². The summed E-state index contributed by atoms with van der Waals surface area (Å²) in [5.74, 6) is -0.483. The fourth-order valence-corrected chi connectivity index (χ4v) is 5.82. The Morgan fingerprint density at radius 1 is 1.08 bits per heavy atom. The number of amides is 1. The molecular weight excluding hydrogens is 494 g/mol. The predicted molar refractivity (Wildman–Crippen MR) is 143 cm³/mol. The first kappa shape index (κ1) is 22.8. The number of hydrogen-bond donors (Lipinski definition) is 1. The number of aromatic amines is 1. The number of aromatic nitrogens is 1. The highest BCUT2D eigenvalue weighted by Crippen LogP contribution is 2.45. The highest BCUT2D eigenvalue weighted by molar-refractivity contribution is 7.80. The number of esters is 1. The van der Waals surface area contributed by atoms with Crippen LogP contribution in [0.5, 0.6) is 0 Å². The number of rotatable bonds is 4. The summed E-state index contributed by atoms with van der Waals surface area (Å²) in [4.78, 5) is 33.1. The largest absolute Gasteiger partial charge is 0.462 e. The molecule has 6 nitrogen and oxygen atoms in total. The van der Waals surface area contributed by atoms with Crippen LogP contribution in [-0.2, 0) is 16.0 Å². The average molecular weight is 516 g/mol. The third-order valence-corrected chi connectivity index (χ3v) is 7.52. The third kappa shape index (κ3) is 3.50. The van der Waals surface area contributed by atoms with Crippen LogP contribution >= 0.6 is 23.8 Å². The van der Waals surface area contributed by atoms with E-state index in [0.717, 1.165) is 27.7 Å². The van der Waals surface area contributed by atoms with Gasteiger partial charge in [0.25, 0.3) is 5.91 Å². The first-order chi connectivity index (χ1) is 17.5. The van der Waals surface area contributed by atoms with E-state index in [1.165, 1.54) is 0 Å². The second-order valence-corrected chi connectivity index (χ2v) is 9.67. The van der Waals surface area contributed by atoms with Gasteiger partial charge in [-0.3, -0.25) is 9.69 Å². The van der Waals surface area contributed by atoms with Crippen LogP contribution in [0.25, 0.3) is 10.9 Å². The number of fused-ring (bicyclic) bond motifs is 4. The molecule has 1 N–H and O–H groups in total. The zero-order valence-electron chi connectivity index (χ0n) is 19.4. The Morgan fingerprint density at radius 2 is 1.81 bits per heavy atom. The van der Waals surface area contributed by atoms with Crippen LogP contribution < -0.4 is 4.90 Å². The summed E-state index contributed by atoms with van der Waals surface area (Å²) >= 11 is 12.1. The summed E-state index contributed by atoms with van der Waals surface area (Å²) in [7, 11) is 0. The smallest absolute Gasteiger partial charge is 0.338 e. The number of carbonyl (C=O) groups is 2. The highest BCUT2D eigenvalue weighted by Gasteiger charge is 2.51. The van der Waals surface area contributed by atoms with Gasteiger partial charge in [-0.2, -0.15) is 0 Å². The van der Waals surface area contributed by atoms with Crippen molar-refractivity contribution in [3.05, 3.63) is 100 Å². The van der Waals surface area contributed by atoms with Crippen LogP contribution in [0.1, 0.15) is 40.1 Å². The summed E-state index contributed by atoms with van der Waals surface area (Å²) in [6.07, 6.45) is 0.541. The van der Waals surface area contributed by atoms with Crippen LogP contribution in [-0.4, -0.2) is 39.5 Å². The first-order valence-corrected chi connectivity index (χ1v) is 12.5. The summed E-state index contributed by atoms with van der Waals surface area (Å²) < 4.78 is 5.08. The Hall–Kier alpha value is -3.68. The van der Waals surface area contributed by atoms with Crippen molar-refractivity contribution < 1.29 is 14.3 Å². The number of carbonyl (C=O) groups excluding carboxylic acids is 2. The van der Waals surface area contributed by atoms with Crippen molar-refractivity contribution in [1.29, 1.82) is 0 Å². The fraction of sp³-hybridized carbons (Fsp3) is 0.179. The van der Waals surface area contributed by atoms with Crippen molar-refractivity contribution in [2.24, 2.45) is 0 Å². The summed E-state index contributed by atoms with van der Waals surface area (Å²) in [6.45, 7) is 2.06. The van der Waals surface area contributed by atoms with Crippen LogP contribution in [0.15, 0.2) is 72.8 Å². The van der Waals surface area contributed by atoms with E-state index >= 15 is 0 Å². The van der Waals surface area contributed by atoms with Gasteiger partial charge in [0, 0.05) is 28.0 Å². The lowest BCUT2D eigenvalue weighted by atomic mass is 9.89. The molecule has 2 aliphatic heterocycles. The second kappa shape index (κ2) is 8.76. The Bertz CT molecular complexity index is 1510. The average Bonchev–Trinajstić information content (AvgIpc) is 3.38. The molecule has 1 amide bonds. The molecule has 1 aromatic heterocycles. The SMILES string of the molecule is CCOC(=O)c1ccc(N2C(=O)[C@H]3Cc4c([nH]c5ccccc45)[C@H](c4ccc(Cl)cc4)N3C2=S)cc1. The lowest BCUT2D eigenvalue weighted by molar-refractivity contribution is -0.120. The molecule has 4 aromatic rings. The number of nitrogens with zero attached hydrogens (tertiary/aromatic N) is 2. The Kier molecular flexibility index (Phi) is 5.54.